The molecule has 3 heterocycles. The van der Waals surface area contributed by atoms with Crippen molar-refractivity contribution >= 4 is 17.4 Å². The van der Waals surface area contributed by atoms with Crippen molar-refractivity contribution in [3.8, 4) is 0 Å². The van der Waals surface area contributed by atoms with E-state index in [9.17, 15) is 4.79 Å². The van der Waals surface area contributed by atoms with Crippen LogP contribution in [0.2, 0.25) is 0 Å². The first-order valence-electron chi connectivity index (χ1n) is 10.5. The smallest absolute Gasteiger partial charge is 0.257 e. The number of rotatable bonds is 6. The van der Waals surface area contributed by atoms with Gasteiger partial charge in [-0.15, -0.1) is 0 Å². The molecule has 2 aliphatic rings. The lowest BCUT2D eigenvalue weighted by Gasteiger charge is -2.33. The number of nitrogens with one attached hydrogen (secondary N) is 1. The summed E-state index contributed by atoms with van der Waals surface area (Å²) in [7, 11) is 0. The number of nitrogens with zero attached hydrogens (tertiary/aromatic N) is 2. The summed E-state index contributed by atoms with van der Waals surface area (Å²) >= 11 is 0. The minimum absolute atomic E-state index is 0.143. The maximum absolute atomic E-state index is 12.4. The number of benzene rings is 1. The van der Waals surface area contributed by atoms with E-state index in [0.717, 1.165) is 69.2 Å². The number of carbonyl (C=O) groups excluding carboxylic acids is 1. The van der Waals surface area contributed by atoms with Crippen LogP contribution in [0.15, 0.2) is 42.6 Å². The van der Waals surface area contributed by atoms with Crippen LogP contribution in [-0.2, 0) is 9.47 Å². The fourth-order valence-electron chi connectivity index (χ4n) is 3.79. The molecule has 1 aromatic carbocycles. The molecular formula is C23H29N3O3. The van der Waals surface area contributed by atoms with Gasteiger partial charge in [-0.25, -0.2) is 4.98 Å². The summed E-state index contributed by atoms with van der Waals surface area (Å²) in [4.78, 5) is 19.2. The van der Waals surface area contributed by atoms with Crippen LogP contribution >= 0.6 is 0 Å². The van der Waals surface area contributed by atoms with Crippen LogP contribution < -0.4 is 10.2 Å². The minimum Gasteiger partial charge on any atom is -0.381 e. The number of anilines is 2. The Bertz CT molecular complexity index is 793. The topological polar surface area (TPSA) is 63.7 Å². The second-order valence-corrected chi connectivity index (χ2v) is 7.97. The molecular weight excluding hydrogens is 366 g/mol. The van der Waals surface area contributed by atoms with Crippen molar-refractivity contribution in [2.24, 2.45) is 5.92 Å². The molecule has 2 saturated heterocycles. The van der Waals surface area contributed by atoms with Gasteiger partial charge in [-0.2, -0.15) is 0 Å². The maximum Gasteiger partial charge on any atom is 0.257 e. The van der Waals surface area contributed by atoms with E-state index in [1.54, 1.807) is 6.20 Å². The van der Waals surface area contributed by atoms with E-state index in [0.29, 0.717) is 17.6 Å². The van der Waals surface area contributed by atoms with Crippen LogP contribution in [0, 0.1) is 12.8 Å². The van der Waals surface area contributed by atoms with Crippen molar-refractivity contribution in [2.45, 2.75) is 32.3 Å². The van der Waals surface area contributed by atoms with Gasteiger partial charge in [0.25, 0.3) is 5.91 Å². The van der Waals surface area contributed by atoms with E-state index >= 15 is 0 Å². The summed E-state index contributed by atoms with van der Waals surface area (Å²) in [5.41, 5.74) is 2.51. The lowest BCUT2D eigenvalue weighted by atomic mass is 10.1. The van der Waals surface area contributed by atoms with Gasteiger partial charge in [0.1, 0.15) is 5.82 Å². The van der Waals surface area contributed by atoms with Crippen molar-refractivity contribution in [1.82, 2.24) is 4.98 Å². The molecule has 1 aromatic heterocycles. The van der Waals surface area contributed by atoms with Crippen LogP contribution in [0.4, 0.5) is 11.5 Å². The first kappa shape index (κ1) is 19.9. The molecule has 4 rings (SSSR count). The number of ether oxygens (including phenoxy) is 2. The molecule has 1 atom stereocenters. The van der Waals surface area contributed by atoms with E-state index in [2.05, 4.69) is 15.2 Å². The summed E-state index contributed by atoms with van der Waals surface area (Å²) in [5.74, 6) is 1.34. The number of carbonyl (C=O) groups is 1. The van der Waals surface area contributed by atoms with Gasteiger partial charge in [0.05, 0.1) is 24.9 Å². The van der Waals surface area contributed by atoms with Crippen molar-refractivity contribution in [3.63, 3.8) is 0 Å². The van der Waals surface area contributed by atoms with Gasteiger partial charge in [0.15, 0.2) is 0 Å². The molecule has 0 radical (unpaired) electrons. The van der Waals surface area contributed by atoms with E-state index in [1.807, 2.05) is 43.3 Å². The Morgan fingerprint density at radius 2 is 1.97 bits per heavy atom. The summed E-state index contributed by atoms with van der Waals surface area (Å²) in [6.45, 7) is 6.40. The number of aryl methyl sites for hydroxylation is 1. The number of hydrogen-bond donors (Lipinski definition) is 1. The number of amides is 1. The van der Waals surface area contributed by atoms with Gasteiger partial charge in [-0.1, -0.05) is 17.7 Å². The van der Waals surface area contributed by atoms with E-state index in [-0.39, 0.29) is 5.91 Å². The molecule has 1 N–H and O–H groups in total. The quantitative estimate of drug-likeness (QED) is 0.809. The molecule has 2 fully saturated rings. The molecule has 0 saturated carbocycles. The highest BCUT2D eigenvalue weighted by Gasteiger charge is 2.23. The number of hydrogen-bond acceptors (Lipinski definition) is 5. The Kier molecular flexibility index (Phi) is 6.42. The molecule has 0 spiro atoms. The SMILES string of the molecule is Cc1ccc(NC(=O)c2ccc(N3CCC(OCC4CCOC4)CC3)nc2)cc1. The Labute approximate surface area is 172 Å². The predicted molar refractivity (Wildman–Crippen MR) is 113 cm³/mol. The fraction of sp³-hybridized carbons (Fsp3) is 0.478. The van der Waals surface area contributed by atoms with E-state index in [4.69, 9.17) is 9.47 Å². The van der Waals surface area contributed by atoms with Gasteiger partial charge in [-0.3, -0.25) is 4.79 Å². The fourth-order valence-corrected chi connectivity index (χ4v) is 3.79. The highest BCUT2D eigenvalue weighted by molar-refractivity contribution is 6.04. The lowest BCUT2D eigenvalue weighted by molar-refractivity contribution is 0.0131. The third kappa shape index (κ3) is 5.34. The molecule has 2 aromatic rings. The molecule has 0 bridgehead atoms. The zero-order chi connectivity index (χ0) is 20.1. The van der Waals surface area contributed by atoms with Gasteiger partial charge in [-0.05, 0) is 50.5 Å². The predicted octanol–water partition coefficient (Wildman–Crippen LogP) is 3.66. The number of piperidine rings is 1. The second-order valence-electron chi connectivity index (χ2n) is 7.97. The molecule has 0 aliphatic carbocycles. The summed E-state index contributed by atoms with van der Waals surface area (Å²) in [5, 5.41) is 2.91. The van der Waals surface area contributed by atoms with Crippen LogP contribution in [0.25, 0.3) is 0 Å². The van der Waals surface area contributed by atoms with Gasteiger partial charge in [0.2, 0.25) is 0 Å². The average Bonchev–Trinajstić information content (AvgIpc) is 3.28. The Balaban J connectivity index is 1.25. The largest absolute Gasteiger partial charge is 0.381 e. The summed E-state index contributed by atoms with van der Waals surface area (Å²) in [6.07, 6.45) is 5.11. The van der Waals surface area contributed by atoms with Crippen molar-refractivity contribution in [2.75, 3.05) is 43.1 Å². The maximum atomic E-state index is 12.4. The standard InChI is InChI=1S/C23H29N3O3/c1-17-2-5-20(6-3-17)25-23(27)19-4-7-22(24-14-19)26-11-8-21(9-12-26)29-16-18-10-13-28-15-18/h2-7,14,18,21H,8-13,15-16H2,1H3,(H,25,27). The van der Waals surface area contributed by atoms with Gasteiger partial charge >= 0.3 is 0 Å². The number of pyridine rings is 1. The average molecular weight is 396 g/mol. The first-order valence-corrected chi connectivity index (χ1v) is 10.5. The Morgan fingerprint density at radius 1 is 1.17 bits per heavy atom. The molecule has 154 valence electrons. The summed E-state index contributed by atoms with van der Waals surface area (Å²) < 4.78 is 11.5. The Morgan fingerprint density at radius 3 is 2.62 bits per heavy atom. The third-order valence-electron chi connectivity index (χ3n) is 5.68. The molecule has 6 nitrogen and oxygen atoms in total. The van der Waals surface area contributed by atoms with Crippen LogP contribution in [0.5, 0.6) is 0 Å². The molecule has 6 heteroatoms. The highest BCUT2D eigenvalue weighted by Crippen LogP contribution is 2.22. The van der Waals surface area contributed by atoms with Crippen LogP contribution in [0.3, 0.4) is 0 Å². The van der Waals surface area contributed by atoms with E-state index < -0.39 is 0 Å². The van der Waals surface area contributed by atoms with Crippen LogP contribution in [-0.4, -0.2) is 49.9 Å². The zero-order valence-corrected chi connectivity index (χ0v) is 17.0. The molecule has 29 heavy (non-hydrogen) atoms. The zero-order valence-electron chi connectivity index (χ0n) is 17.0. The van der Waals surface area contributed by atoms with E-state index in [1.165, 1.54) is 0 Å². The second kappa shape index (κ2) is 9.37. The van der Waals surface area contributed by atoms with Crippen molar-refractivity contribution in [1.29, 1.82) is 0 Å². The molecule has 1 unspecified atom stereocenters. The monoisotopic (exact) mass is 395 g/mol. The van der Waals surface area contributed by atoms with Crippen molar-refractivity contribution in [3.05, 3.63) is 53.7 Å². The molecule has 1 amide bonds. The summed E-state index contributed by atoms with van der Waals surface area (Å²) in [6, 6.07) is 11.5. The van der Waals surface area contributed by atoms with Crippen molar-refractivity contribution < 1.29 is 14.3 Å². The van der Waals surface area contributed by atoms with Gasteiger partial charge in [0, 0.05) is 37.5 Å². The van der Waals surface area contributed by atoms with Crippen LogP contribution in [0.1, 0.15) is 35.2 Å². The minimum atomic E-state index is -0.143. The first-order chi connectivity index (χ1) is 14.2. The number of aromatic nitrogens is 1. The Hall–Kier alpha value is -2.44. The third-order valence-corrected chi connectivity index (χ3v) is 5.68. The lowest BCUT2D eigenvalue weighted by Crippen LogP contribution is -2.38. The highest BCUT2D eigenvalue weighted by atomic mass is 16.5. The normalized spacial score (nSPS) is 20.0. The molecule has 2 aliphatic heterocycles. The van der Waals surface area contributed by atoms with Gasteiger partial charge < -0.3 is 19.7 Å².